The van der Waals surface area contributed by atoms with E-state index in [1.807, 2.05) is 12.1 Å². The molecule has 18 heavy (non-hydrogen) atoms. The molecule has 0 saturated carbocycles. The fraction of sp³-hybridized carbons (Fsp3) is 0.462. The van der Waals surface area contributed by atoms with Crippen molar-refractivity contribution < 1.29 is 9.90 Å². The highest BCUT2D eigenvalue weighted by Crippen LogP contribution is 2.22. The average molecular weight is 271 g/mol. The molecule has 1 amide bonds. The first-order chi connectivity index (χ1) is 8.41. The normalized spacial score (nSPS) is 12.6. The summed E-state index contributed by atoms with van der Waals surface area (Å²) < 4.78 is 0. The molecule has 0 saturated heterocycles. The van der Waals surface area contributed by atoms with Crippen molar-refractivity contribution in [1.29, 1.82) is 0 Å². The van der Waals surface area contributed by atoms with E-state index in [0.29, 0.717) is 17.1 Å². The highest BCUT2D eigenvalue weighted by Gasteiger charge is 2.15. The molecule has 0 bridgehead atoms. The third-order valence-corrected chi connectivity index (χ3v) is 3.00. The van der Waals surface area contributed by atoms with Crippen molar-refractivity contribution in [3.8, 4) is 0 Å². The molecule has 0 aliphatic carbocycles. The lowest BCUT2D eigenvalue weighted by atomic mass is 10.1. The minimum Gasteiger partial charge on any atom is -0.387 e. The highest BCUT2D eigenvalue weighted by atomic mass is 35.5. The Hall–Kier alpha value is -1.10. The molecule has 1 N–H and O–H groups in total. The number of aliphatic hydroxyl groups excluding tert-OH is 1. The Bertz CT molecular complexity index is 410. The Morgan fingerprint density at radius 3 is 2.50 bits per heavy atom. The smallest absolute Gasteiger partial charge is 0.236 e. The largest absolute Gasteiger partial charge is 0.387 e. The second kappa shape index (κ2) is 6.73. The number of likely N-dealkylation sites (N-methyl/N-ethyl adjacent to an activating group) is 2. The van der Waals surface area contributed by atoms with Gasteiger partial charge in [0.25, 0.3) is 0 Å². The van der Waals surface area contributed by atoms with E-state index in [1.165, 1.54) is 4.90 Å². The Morgan fingerprint density at radius 2 is 1.94 bits per heavy atom. The van der Waals surface area contributed by atoms with Crippen LogP contribution in [0.25, 0.3) is 0 Å². The summed E-state index contributed by atoms with van der Waals surface area (Å²) in [5.74, 6) is 0.00357. The van der Waals surface area contributed by atoms with Crippen LogP contribution in [0, 0.1) is 0 Å². The maximum atomic E-state index is 11.5. The van der Waals surface area contributed by atoms with Crippen molar-refractivity contribution in [1.82, 2.24) is 9.80 Å². The monoisotopic (exact) mass is 270 g/mol. The zero-order valence-corrected chi connectivity index (χ0v) is 11.7. The summed E-state index contributed by atoms with van der Waals surface area (Å²) in [4.78, 5) is 14.8. The minimum atomic E-state index is -0.696. The first-order valence-corrected chi connectivity index (χ1v) is 6.10. The zero-order valence-electron chi connectivity index (χ0n) is 10.9. The molecule has 0 spiro atoms. The van der Waals surface area contributed by atoms with Gasteiger partial charge < -0.3 is 10.0 Å². The van der Waals surface area contributed by atoms with Crippen LogP contribution < -0.4 is 0 Å². The lowest BCUT2D eigenvalue weighted by molar-refractivity contribution is -0.129. The summed E-state index contributed by atoms with van der Waals surface area (Å²) in [5, 5.41) is 10.6. The average Bonchev–Trinajstić information content (AvgIpc) is 2.28. The number of aliphatic hydroxyl groups is 1. The zero-order chi connectivity index (χ0) is 13.7. The van der Waals surface area contributed by atoms with Crippen molar-refractivity contribution in [3.05, 3.63) is 34.9 Å². The van der Waals surface area contributed by atoms with Gasteiger partial charge in [-0.3, -0.25) is 9.69 Å². The van der Waals surface area contributed by atoms with Gasteiger partial charge in [0.2, 0.25) is 5.91 Å². The third kappa shape index (κ3) is 4.29. The van der Waals surface area contributed by atoms with E-state index in [0.717, 1.165) is 0 Å². The molecule has 0 aliphatic rings. The van der Waals surface area contributed by atoms with Crippen LogP contribution in [0.1, 0.15) is 11.7 Å². The maximum Gasteiger partial charge on any atom is 0.236 e. The van der Waals surface area contributed by atoms with Crippen molar-refractivity contribution in [3.63, 3.8) is 0 Å². The quantitative estimate of drug-likeness (QED) is 0.879. The lowest BCUT2D eigenvalue weighted by Gasteiger charge is -2.22. The van der Waals surface area contributed by atoms with Crippen LogP contribution >= 0.6 is 11.6 Å². The third-order valence-electron chi connectivity index (χ3n) is 2.65. The van der Waals surface area contributed by atoms with Gasteiger partial charge in [0.15, 0.2) is 0 Å². The number of benzene rings is 1. The molecule has 1 aromatic carbocycles. The second-order valence-corrected chi connectivity index (χ2v) is 4.93. The van der Waals surface area contributed by atoms with E-state index in [2.05, 4.69) is 0 Å². The maximum absolute atomic E-state index is 11.5. The van der Waals surface area contributed by atoms with E-state index in [1.54, 1.807) is 38.2 Å². The molecule has 1 atom stereocenters. The molecular formula is C13H19ClN2O2. The van der Waals surface area contributed by atoms with Crippen LogP contribution in [-0.2, 0) is 4.79 Å². The molecule has 0 radical (unpaired) electrons. The first kappa shape index (κ1) is 15.0. The summed E-state index contributed by atoms with van der Waals surface area (Å²) >= 11 is 6.01. The predicted octanol–water partition coefficient (Wildman–Crippen LogP) is 1.39. The van der Waals surface area contributed by atoms with Gasteiger partial charge in [0, 0.05) is 31.2 Å². The highest BCUT2D eigenvalue weighted by molar-refractivity contribution is 6.31. The van der Waals surface area contributed by atoms with E-state index in [-0.39, 0.29) is 12.5 Å². The number of amides is 1. The number of nitrogens with zero attached hydrogens (tertiary/aromatic N) is 2. The van der Waals surface area contributed by atoms with Gasteiger partial charge in [-0.1, -0.05) is 29.8 Å². The van der Waals surface area contributed by atoms with Crippen molar-refractivity contribution in [2.24, 2.45) is 0 Å². The Balaban J connectivity index is 2.57. The van der Waals surface area contributed by atoms with Gasteiger partial charge in [0.05, 0.1) is 12.6 Å². The Labute approximate surface area is 113 Å². The minimum absolute atomic E-state index is 0.00357. The summed E-state index contributed by atoms with van der Waals surface area (Å²) in [6.07, 6.45) is -0.696. The summed E-state index contributed by atoms with van der Waals surface area (Å²) in [5.41, 5.74) is 0.684. The lowest BCUT2D eigenvalue weighted by Crippen LogP contribution is -2.36. The number of hydrogen-bond acceptors (Lipinski definition) is 3. The molecule has 0 aromatic heterocycles. The molecule has 0 fully saturated rings. The fourth-order valence-corrected chi connectivity index (χ4v) is 1.84. The van der Waals surface area contributed by atoms with Crippen molar-refractivity contribution in [2.75, 3.05) is 34.2 Å². The molecule has 0 unspecified atom stereocenters. The topological polar surface area (TPSA) is 43.8 Å². The Kier molecular flexibility index (Phi) is 5.59. The summed E-state index contributed by atoms with van der Waals surface area (Å²) in [6.45, 7) is 0.637. The van der Waals surface area contributed by atoms with Crippen LogP contribution in [0.15, 0.2) is 24.3 Å². The van der Waals surface area contributed by atoms with E-state index < -0.39 is 6.10 Å². The first-order valence-electron chi connectivity index (χ1n) is 5.73. The number of carbonyl (C=O) groups is 1. The van der Waals surface area contributed by atoms with Crippen LogP contribution in [0.4, 0.5) is 0 Å². The molecule has 0 aliphatic heterocycles. The number of rotatable bonds is 5. The molecule has 4 nitrogen and oxygen atoms in total. The molecule has 5 heteroatoms. The number of halogens is 1. The van der Waals surface area contributed by atoms with Crippen LogP contribution in [-0.4, -0.2) is 55.0 Å². The SMILES string of the molecule is CN(CC(=O)N(C)C)C[C@H](O)c1ccccc1Cl. The van der Waals surface area contributed by atoms with Gasteiger partial charge in [-0.15, -0.1) is 0 Å². The predicted molar refractivity (Wildman–Crippen MR) is 72.6 cm³/mol. The molecule has 1 rings (SSSR count). The van der Waals surface area contributed by atoms with Gasteiger partial charge in [0.1, 0.15) is 0 Å². The second-order valence-electron chi connectivity index (χ2n) is 4.52. The van der Waals surface area contributed by atoms with Gasteiger partial charge in [-0.05, 0) is 13.1 Å². The van der Waals surface area contributed by atoms with Crippen molar-refractivity contribution in [2.45, 2.75) is 6.10 Å². The number of hydrogen-bond donors (Lipinski definition) is 1. The van der Waals surface area contributed by atoms with Crippen LogP contribution in [0.2, 0.25) is 5.02 Å². The number of carbonyl (C=O) groups excluding carboxylic acids is 1. The van der Waals surface area contributed by atoms with Crippen LogP contribution in [0.5, 0.6) is 0 Å². The molecule has 1 aromatic rings. The van der Waals surface area contributed by atoms with Crippen molar-refractivity contribution >= 4 is 17.5 Å². The van der Waals surface area contributed by atoms with E-state index in [4.69, 9.17) is 11.6 Å². The molecule has 0 heterocycles. The Morgan fingerprint density at radius 1 is 1.33 bits per heavy atom. The fourth-order valence-electron chi connectivity index (χ4n) is 1.58. The van der Waals surface area contributed by atoms with Crippen LogP contribution in [0.3, 0.4) is 0 Å². The van der Waals surface area contributed by atoms with E-state index >= 15 is 0 Å². The van der Waals surface area contributed by atoms with Gasteiger partial charge >= 0.3 is 0 Å². The summed E-state index contributed by atoms with van der Waals surface area (Å²) in [7, 11) is 5.21. The molecular weight excluding hydrogens is 252 g/mol. The van der Waals surface area contributed by atoms with E-state index in [9.17, 15) is 9.90 Å². The molecule has 100 valence electrons. The standard InChI is InChI=1S/C13H19ClN2O2/c1-15(2)13(18)9-16(3)8-12(17)10-6-4-5-7-11(10)14/h4-7,12,17H,8-9H2,1-3H3/t12-/m0/s1. The van der Waals surface area contributed by atoms with Gasteiger partial charge in [-0.25, -0.2) is 0 Å². The van der Waals surface area contributed by atoms with Gasteiger partial charge in [-0.2, -0.15) is 0 Å². The summed E-state index contributed by atoms with van der Waals surface area (Å²) in [6, 6.07) is 7.17.